The lowest BCUT2D eigenvalue weighted by molar-refractivity contribution is -0.225. The van der Waals surface area contributed by atoms with Crippen molar-refractivity contribution in [2.45, 2.75) is 50.3 Å². The van der Waals surface area contributed by atoms with Crippen LogP contribution in [0.5, 0.6) is 6.01 Å². The fourth-order valence-corrected chi connectivity index (χ4v) is 2.96. The highest BCUT2D eigenvalue weighted by molar-refractivity contribution is 5.38. The summed E-state index contributed by atoms with van der Waals surface area (Å²) in [7, 11) is 7.23. The van der Waals surface area contributed by atoms with E-state index in [2.05, 4.69) is 15.0 Å². The lowest BCUT2D eigenvalue weighted by Crippen LogP contribution is -2.46. The third-order valence-electron chi connectivity index (χ3n) is 4.23. The van der Waals surface area contributed by atoms with Gasteiger partial charge in [-0.25, -0.2) is 0 Å². The predicted molar refractivity (Wildman–Crippen MR) is 94.7 cm³/mol. The van der Waals surface area contributed by atoms with Crippen molar-refractivity contribution in [3.8, 4) is 6.01 Å². The summed E-state index contributed by atoms with van der Waals surface area (Å²) in [6.45, 7) is 3.04. The normalized spacial score (nSPS) is 30.1. The average molecular weight is 385 g/mol. The molecule has 11 heteroatoms. The topological polar surface area (TPSA) is 123 Å². The second kappa shape index (κ2) is 7.32. The second-order valence-electron chi connectivity index (χ2n) is 7.41. The van der Waals surface area contributed by atoms with Gasteiger partial charge < -0.3 is 39.0 Å². The number of nitrogens with zero attached hydrogens (tertiary/aromatic N) is 5. The van der Waals surface area contributed by atoms with Crippen molar-refractivity contribution in [2.24, 2.45) is 0 Å². The Hall–Kier alpha value is -1.79. The zero-order valence-electron chi connectivity index (χ0n) is 16.4. The first-order valence-corrected chi connectivity index (χ1v) is 8.68. The van der Waals surface area contributed by atoms with E-state index < -0.39 is 43.1 Å². The summed E-state index contributed by atoms with van der Waals surface area (Å²) in [5.41, 5.74) is 0. The lowest BCUT2D eigenvalue weighted by atomic mass is 10.1. The van der Waals surface area contributed by atoms with Crippen LogP contribution >= 0.6 is 0 Å². The van der Waals surface area contributed by atoms with E-state index in [4.69, 9.17) is 18.9 Å². The molecule has 1 aromatic rings. The van der Waals surface area contributed by atoms with Gasteiger partial charge in [-0.2, -0.15) is 15.0 Å². The third-order valence-corrected chi connectivity index (χ3v) is 4.23. The molecule has 1 aromatic heterocycles. The fraction of sp³-hybridized carbons (Fsp3) is 0.812. The average Bonchev–Trinajstić information content (AvgIpc) is 3.06. The number of rotatable bonds is 6. The van der Waals surface area contributed by atoms with Crippen LogP contribution < -0.4 is 14.5 Å². The standard InChI is InChI=1S/C16H27N5O6/c1-16(2)26-11-10(9(8(23)7-22)24-12(11)27-16)25-15-18-13(20(3)4)17-14(19-15)21(5)6/h8-12,22-23H,7H2,1-6H3/t8-,9+,10-,11-,12-/m1/s1. The molecule has 0 saturated carbocycles. The van der Waals surface area contributed by atoms with Gasteiger partial charge in [-0.3, -0.25) is 0 Å². The van der Waals surface area contributed by atoms with E-state index in [0.717, 1.165) is 0 Å². The summed E-state index contributed by atoms with van der Waals surface area (Å²) in [6.07, 6.45) is -4.12. The molecule has 2 saturated heterocycles. The molecule has 2 fully saturated rings. The number of aliphatic hydroxyl groups is 2. The number of aromatic nitrogens is 3. The van der Waals surface area contributed by atoms with Crippen molar-refractivity contribution in [1.29, 1.82) is 0 Å². The SMILES string of the molecule is CN(C)c1nc(O[C@@H]2[C@H]([C@H](O)CO)O[C@@H]3OC(C)(C)O[C@@H]32)nc(N(C)C)n1. The van der Waals surface area contributed by atoms with E-state index in [9.17, 15) is 10.2 Å². The Bertz CT molecular complexity index is 646. The molecule has 27 heavy (non-hydrogen) atoms. The molecule has 0 amide bonds. The summed E-state index contributed by atoms with van der Waals surface area (Å²) in [5.74, 6) is -0.0147. The third kappa shape index (κ3) is 4.06. The van der Waals surface area contributed by atoms with Gasteiger partial charge in [0.15, 0.2) is 24.3 Å². The Morgan fingerprint density at radius 1 is 1.07 bits per heavy atom. The van der Waals surface area contributed by atoms with Gasteiger partial charge in [-0.1, -0.05) is 0 Å². The maximum Gasteiger partial charge on any atom is 0.323 e. The van der Waals surface area contributed by atoms with Crippen LogP contribution in [0.15, 0.2) is 0 Å². The number of anilines is 2. The summed E-state index contributed by atoms with van der Waals surface area (Å²) < 4.78 is 23.3. The van der Waals surface area contributed by atoms with Crippen LogP contribution in [-0.2, 0) is 14.2 Å². The van der Waals surface area contributed by atoms with Crippen LogP contribution in [0.4, 0.5) is 11.9 Å². The Morgan fingerprint density at radius 3 is 2.19 bits per heavy atom. The Balaban J connectivity index is 1.91. The Morgan fingerprint density at radius 2 is 1.67 bits per heavy atom. The molecule has 2 aliphatic heterocycles. The van der Waals surface area contributed by atoms with Crippen LogP contribution in [0.25, 0.3) is 0 Å². The fourth-order valence-electron chi connectivity index (χ4n) is 2.96. The first-order valence-electron chi connectivity index (χ1n) is 8.68. The van der Waals surface area contributed by atoms with Crippen LogP contribution in [0, 0.1) is 0 Å². The van der Waals surface area contributed by atoms with Crippen LogP contribution in [0.2, 0.25) is 0 Å². The predicted octanol–water partition coefficient (Wildman–Crippen LogP) is -1.02. The lowest BCUT2D eigenvalue weighted by Gasteiger charge is -2.28. The van der Waals surface area contributed by atoms with Crippen LogP contribution in [-0.4, -0.2) is 96.5 Å². The van der Waals surface area contributed by atoms with Crippen molar-refractivity contribution in [2.75, 3.05) is 44.6 Å². The Labute approximate surface area is 157 Å². The molecule has 11 nitrogen and oxygen atoms in total. The molecular formula is C16H27N5O6. The summed E-state index contributed by atoms with van der Waals surface area (Å²) in [5, 5.41) is 19.5. The molecule has 0 unspecified atom stereocenters. The number of aliphatic hydroxyl groups excluding tert-OH is 2. The minimum Gasteiger partial charge on any atom is -0.454 e. The molecule has 5 atom stereocenters. The molecule has 0 spiro atoms. The van der Waals surface area contributed by atoms with Gasteiger partial charge >= 0.3 is 6.01 Å². The molecule has 2 aliphatic rings. The minimum absolute atomic E-state index is 0.0649. The number of ether oxygens (including phenoxy) is 4. The van der Waals surface area contributed by atoms with Gasteiger partial charge in [0.25, 0.3) is 0 Å². The van der Waals surface area contributed by atoms with Crippen molar-refractivity contribution in [3.05, 3.63) is 0 Å². The zero-order chi connectivity index (χ0) is 19.9. The molecule has 2 N–H and O–H groups in total. The molecule has 0 radical (unpaired) electrons. The first kappa shape index (κ1) is 20.0. The van der Waals surface area contributed by atoms with E-state index in [1.807, 2.05) is 28.2 Å². The minimum atomic E-state index is -1.17. The van der Waals surface area contributed by atoms with E-state index >= 15 is 0 Å². The highest BCUT2D eigenvalue weighted by Gasteiger charge is 2.58. The van der Waals surface area contributed by atoms with E-state index in [1.165, 1.54) is 0 Å². The van der Waals surface area contributed by atoms with Gasteiger partial charge in [0.05, 0.1) is 6.61 Å². The van der Waals surface area contributed by atoms with Crippen LogP contribution in [0.3, 0.4) is 0 Å². The maximum atomic E-state index is 10.1. The molecular weight excluding hydrogens is 358 g/mol. The highest BCUT2D eigenvalue weighted by Crippen LogP contribution is 2.39. The number of hydrogen-bond donors (Lipinski definition) is 2. The van der Waals surface area contributed by atoms with Crippen molar-refractivity contribution in [3.63, 3.8) is 0 Å². The van der Waals surface area contributed by atoms with Crippen molar-refractivity contribution < 1.29 is 29.2 Å². The van der Waals surface area contributed by atoms with E-state index in [1.54, 1.807) is 23.6 Å². The zero-order valence-corrected chi connectivity index (χ0v) is 16.4. The van der Waals surface area contributed by atoms with Crippen LogP contribution in [0.1, 0.15) is 13.8 Å². The number of fused-ring (bicyclic) bond motifs is 1. The van der Waals surface area contributed by atoms with Gasteiger partial charge in [0.2, 0.25) is 11.9 Å². The molecule has 3 heterocycles. The van der Waals surface area contributed by atoms with Gasteiger partial charge in [0.1, 0.15) is 12.2 Å². The molecule has 0 aliphatic carbocycles. The summed E-state index contributed by atoms with van der Waals surface area (Å²) in [4.78, 5) is 16.4. The van der Waals surface area contributed by atoms with Crippen molar-refractivity contribution in [1.82, 2.24) is 15.0 Å². The monoisotopic (exact) mass is 385 g/mol. The smallest absolute Gasteiger partial charge is 0.323 e. The van der Waals surface area contributed by atoms with Crippen molar-refractivity contribution >= 4 is 11.9 Å². The maximum absolute atomic E-state index is 10.1. The molecule has 0 bridgehead atoms. The van der Waals surface area contributed by atoms with E-state index in [-0.39, 0.29) is 6.01 Å². The molecule has 152 valence electrons. The number of hydrogen-bond acceptors (Lipinski definition) is 11. The van der Waals surface area contributed by atoms with Gasteiger partial charge in [-0.15, -0.1) is 0 Å². The Kier molecular flexibility index (Phi) is 5.41. The summed E-state index contributed by atoms with van der Waals surface area (Å²) in [6, 6.07) is 0.0649. The molecule has 3 rings (SSSR count). The quantitative estimate of drug-likeness (QED) is 0.625. The second-order valence-corrected chi connectivity index (χ2v) is 7.41. The molecule has 0 aromatic carbocycles. The first-order chi connectivity index (χ1) is 12.6. The van der Waals surface area contributed by atoms with Gasteiger partial charge in [0, 0.05) is 28.2 Å². The largest absolute Gasteiger partial charge is 0.454 e. The van der Waals surface area contributed by atoms with E-state index in [0.29, 0.717) is 11.9 Å². The van der Waals surface area contributed by atoms with Gasteiger partial charge in [-0.05, 0) is 13.8 Å². The highest BCUT2D eigenvalue weighted by atomic mass is 16.8. The summed E-state index contributed by atoms with van der Waals surface area (Å²) >= 11 is 0.